The number of rotatable bonds is 7. The van der Waals surface area contributed by atoms with E-state index in [9.17, 15) is 14.7 Å². The molecule has 7 heteroatoms. The lowest BCUT2D eigenvalue weighted by Gasteiger charge is -2.27. The van der Waals surface area contributed by atoms with Crippen molar-refractivity contribution in [2.75, 3.05) is 6.61 Å². The van der Waals surface area contributed by atoms with E-state index in [-0.39, 0.29) is 17.9 Å². The van der Waals surface area contributed by atoms with Gasteiger partial charge in [-0.1, -0.05) is 24.3 Å². The summed E-state index contributed by atoms with van der Waals surface area (Å²) in [5.41, 5.74) is 1.62. The first-order valence-electron chi connectivity index (χ1n) is 9.54. The first-order chi connectivity index (χ1) is 14.6. The van der Waals surface area contributed by atoms with E-state index in [1.54, 1.807) is 48.1 Å². The number of hydrogen-bond donors (Lipinski definition) is 1. The Labute approximate surface area is 178 Å². The lowest BCUT2D eigenvalue weighted by atomic mass is 9.95. The molecule has 0 saturated carbocycles. The van der Waals surface area contributed by atoms with Crippen LogP contribution in [-0.2, 0) is 11.3 Å². The van der Waals surface area contributed by atoms with E-state index in [0.29, 0.717) is 17.2 Å². The topological polar surface area (TPSA) is 79.7 Å². The van der Waals surface area contributed by atoms with Gasteiger partial charge in [-0.25, -0.2) is 0 Å². The standard InChI is InChI=1S/C23H20N2O4S/c1-2-29-17-9-7-16(8-10-17)20-19(21(26)18-6-4-12-30-18)22(27)23(28)25(20)14-15-5-3-11-24-13-15/h3-13,20,27H,2,14H2,1H3/t20-/m0/s1. The SMILES string of the molecule is CCOc1ccc([C@H]2C(C(=O)c3cccs3)=C(O)C(=O)N2Cc2cccnc2)cc1. The third-order valence-corrected chi connectivity index (χ3v) is 5.74. The molecular formula is C23H20N2O4S. The van der Waals surface area contributed by atoms with Crippen molar-refractivity contribution in [2.24, 2.45) is 0 Å². The molecule has 1 amide bonds. The number of amides is 1. The number of aliphatic hydroxyl groups is 1. The van der Waals surface area contributed by atoms with Gasteiger partial charge in [-0.2, -0.15) is 0 Å². The average Bonchev–Trinajstić information content (AvgIpc) is 3.38. The maximum absolute atomic E-state index is 13.2. The van der Waals surface area contributed by atoms with Gasteiger partial charge in [0.25, 0.3) is 5.91 Å². The summed E-state index contributed by atoms with van der Waals surface area (Å²) in [7, 11) is 0. The highest BCUT2D eigenvalue weighted by Crippen LogP contribution is 2.40. The van der Waals surface area contributed by atoms with Gasteiger partial charge in [0.15, 0.2) is 5.76 Å². The molecule has 1 aliphatic rings. The third kappa shape index (κ3) is 3.71. The highest BCUT2D eigenvalue weighted by atomic mass is 32.1. The monoisotopic (exact) mass is 420 g/mol. The molecule has 2 aromatic heterocycles. The highest BCUT2D eigenvalue weighted by Gasteiger charge is 2.44. The molecule has 4 rings (SSSR count). The largest absolute Gasteiger partial charge is 0.503 e. The molecule has 1 N–H and O–H groups in total. The van der Waals surface area contributed by atoms with Crippen LogP contribution < -0.4 is 4.74 Å². The highest BCUT2D eigenvalue weighted by molar-refractivity contribution is 7.12. The molecule has 0 unspecified atom stereocenters. The van der Waals surface area contributed by atoms with E-state index in [1.807, 2.05) is 25.1 Å². The van der Waals surface area contributed by atoms with Crippen molar-refractivity contribution in [3.63, 3.8) is 0 Å². The van der Waals surface area contributed by atoms with E-state index in [2.05, 4.69) is 4.98 Å². The first kappa shape index (κ1) is 19.8. The number of hydrogen-bond acceptors (Lipinski definition) is 6. The van der Waals surface area contributed by atoms with Gasteiger partial charge in [-0.15, -0.1) is 11.3 Å². The number of benzene rings is 1. The number of carbonyl (C=O) groups excluding carboxylic acids is 2. The zero-order chi connectivity index (χ0) is 21.1. The minimum absolute atomic E-state index is 0.0931. The number of carbonyl (C=O) groups is 2. The molecule has 0 spiro atoms. The predicted octanol–water partition coefficient (Wildman–Crippen LogP) is 4.32. The predicted molar refractivity (Wildman–Crippen MR) is 113 cm³/mol. The van der Waals surface area contributed by atoms with E-state index >= 15 is 0 Å². The molecule has 6 nitrogen and oxygen atoms in total. The van der Waals surface area contributed by atoms with Gasteiger partial charge in [0.1, 0.15) is 5.75 Å². The molecule has 30 heavy (non-hydrogen) atoms. The summed E-state index contributed by atoms with van der Waals surface area (Å²) in [6.07, 6.45) is 3.32. The Morgan fingerprint density at radius 2 is 2.00 bits per heavy atom. The van der Waals surface area contributed by atoms with E-state index < -0.39 is 17.7 Å². The van der Waals surface area contributed by atoms with E-state index in [0.717, 1.165) is 11.1 Å². The molecule has 0 bridgehead atoms. The van der Waals surface area contributed by atoms with Gasteiger partial charge in [0.05, 0.1) is 23.1 Å². The molecule has 152 valence electrons. The third-order valence-electron chi connectivity index (χ3n) is 4.88. The van der Waals surface area contributed by atoms with Crippen molar-refractivity contribution in [2.45, 2.75) is 19.5 Å². The Morgan fingerprint density at radius 3 is 2.63 bits per heavy atom. The molecule has 3 aromatic rings. The van der Waals surface area contributed by atoms with Gasteiger partial charge in [0.2, 0.25) is 5.78 Å². The number of aromatic nitrogens is 1. The summed E-state index contributed by atoms with van der Waals surface area (Å²) < 4.78 is 5.51. The van der Waals surface area contributed by atoms with Crippen LogP contribution in [0.15, 0.2) is 77.6 Å². The van der Waals surface area contributed by atoms with Crippen LogP contribution in [0.25, 0.3) is 0 Å². The van der Waals surface area contributed by atoms with Gasteiger partial charge < -0.3 is 14.7 Å². The molecule has 1 atom stereocenters. The van der Waals surface area contributed by atoms with Crippen LogP contribution in [0.4, 0.5) is 0 Å². The van der Waals surface area contributed by atoms with Crippen LogP contribution in [0.2, 0.25) is 0 Å². The zero-order valence-corrected chi connectivity index (χ0v) is 17.1. The maximum atomic E-state index is 13.2. The Hall–Kier alpha value is -3.45. The number of ether oxygens (including phenoxy) is 1. The molecule has 1 aliphatic heterocycles. The zero-order valence-electron chi connectivity index (χ0n) is 16.3. The minimum atomic E-state index is -0.706. The molecule has 3 heterocycles. The molecule has 0 saturated heterocycles. The fraction of sp³-hybridized carbons (Fsp3) is 0.174. The van der Waals surface area contributed by atoms with Crippen LogP contribution in [0.3, 0.4) is 0 Å². The normalized spacial score (nSPS) is 16.2. The summed E-state index contributed by atoms with van der Waals surface area (Å²) in [4.78, 5) is 32.2. The second-order valence-electron chi connectivity index (χ2n) is 6.77. The quantitative estimate of drug-likeness (QED) is 0.576. The number of pyridine rings is 1. The van der Waals surface area contributed by atoms with E-state index in [1.165, 1.54) is 16.2 Å². The molecule has 1 aromatic carbocycles. The second kappa shape index (κ2) is 8.51. The smallest absolute Gasteiger partial charge is 0.290 e. The summed E-state index contributed by atoms with van der Waals surface area (Å²) in [5.74, 6) is -0.721. The fourth-order valence-corrected chi connectivity index (χ4v) is 4.21. The Bertz CT molecular complexity index is 1080. The minimum Gasteiger partial charge on any atom is -0.503 e. The Morgan fingerprint density at radius 1 is 1.20 bits per heavy atom. The lowest BCUT2D eigenvalue weighted by molar-refractivity contribution is -0.130. The summed E-state index contributed by atoms with van der Waals surface area (Å²) in [5, 5.41) is 12.5. The fourth-order valence-electron chi connectivity index (χ4n) is 3.54. The lowest BCUT2D eigenvalue weighted by Crippen LogP contribution is -2.30. The van der Waals surface area contributed by atoms with Crippen molar-refractivity contribution in [3.05, 3.63) is 93.6 Å². The van der Waals surface area contributed by atoms with Crippen molar-refractivity contribution in [1.82, 2.24) is 9.88 Å². The number of Topliss-reactive ketones (excluding diaryl/α,β-unsaturated/α-hetero) is 1. The van der Waals surface area contributed by atoms with Gasteiger partial charge in [-0.05, 0) is 47.7 Å². The second-order valence-corrected chi connectivity index (χ2v) is 7.72. The molecule has 0 radical (unpaired) electrons. The molecule has 0 aliphatic carbocycles. The summed E-state index contributed by atoms with van der Waals surface area (Å²) in [6.45, 7) is 2.66. The van der Waals surface area contributed by atoms with Crippen LogP contribution in [0.1, 0.15) is 33.8 Å². The van der Waals surface area contributed by atoms with Crippen LogP contribution in [0, 0.1) is 0 Å². The number of aliphatic hydroxyl groups excluding tert-OH is 1. The number of ketones is 1. The number of nitrogens with zero attached hydrogens (tertiary/aromatic N) is 2. The van der Waals surface area contributed by atoms with Crippen molar-refractivity contribution in [3.8, 4) is 5.75 Å². The summed E-state index contributed by atoms with van der Waals surface area (Å²) in [6, 6.07) is 13.6. The van der Waals surface area contributed by atoms with Gasteiger partial charge >= 0.3 is 0 Å². The van der Waals surface area contributed by atoms with Crippen molar-refractivity contribution in [1.29, 1.82) is 0 Å². The Balaban J connectivity index is 1.76. The molecular weight excluding hydrogens is 400 g/mol. The van der Waals surface area contributed by atoms with Gasteiger partial charge in [-0.3, -0.25) is 14.6 Å². The van der Waals surface area contributed by atoms with E-state index in [4.69, 9.17) is 4.74 Å². The number of thiophene rings is 1. The summed E-state index contributed by atoms with van der Waals surface area (Å²) >= 11 is 1.28. The Kier molecular flexibility index (Phi) is 5.63. The van der Waals surface area contributed by atoms with Crippen molar-refractivity contribution >= 4 is 23.0 Å². The maximum Gasteiger partial charge on any atom is 0.290 e. The van der Waals surface area contributed by atoms with Crippen LogP contribution in [0.5, 0.6) is 5.75 Å². The van der Waals surface area contributed by atoms with Crippen molar-refractivity contribution < 1.29 is 19.4 Å². The van der Waals surface area contributed by atoms with Crippen LogP contribution >= 0.6 is 11.3 Å². The van der Waals surface area contributed by atoms with Crippen LogP contribution in [-0.4, -0.2) is 33.3 Å². The molecule has 0 fully saturated rings. The first-order valence-corrected chi connectivity index (χ1v) is 10.4. The average molecular weight is 420 g/mol. The van der Waals surface area contributed by atoms with Gasteiger partial charge in [0, 0.05) is 18.9 Å².